The SMILES string of the molecule is Cl.NNC(=S)N/N=C/c1ccccn1. The van der Waals surface area contributed by atoms with E-state index in [-0.39, 0.29) is 17.5 Å². The van der Waals surface area contributed by atoms with Crippen molar-refractivity contribution < 1.29 is 0 Å². The molecule has 7 heteroatoms. The normalized spacial score (nSPS) is 9.21. The van der Waals surface area contributed by atoms with E-state index in [1.54, 1.807) is 12.4 Å². The monoisotopic (exact) mass is 231 g/mol. The molecule has 0 aliphatic rings. The van der Waals surface area contributed by atoms with Gasteiger partial charge in [0, 0.05) is 6.20 Å². The van der Waals surface area contributed by atoms with Crippen molar-refractivity contribution in [2.45, 2.75) is 0 Å². The molecule has 0 bridgehead atoms. The quantitative estimate of drug-likeness (QED) is 0.293. The number of halogens is 1. The van der Waals surface area contributed by atoms with Gasteiger partial charge in [0.15, 0.2) is 0 Å². The van der Waals surface area contributed by atoms with Crippen molar-refractivity contribution in [1.29, 1.82) is 0 Å². The molecule has 0 aliphatic carbocycles. The summed E-state index contributed by atoms with van der Waals surface area (Å²) >= 11 is 4.69. The van der Waals surface area contributed by atoms with Crippen molar-refractivity contribution in [1.82, 2.24) is 15.8 Å². The predicted octanol–water partition coefficient (Wildman–Crippen LogP) is 0.175. The first-order chi connectivity index (χ1) is 6.33. The van der Waals surface area contributed by atoms with Crippen LogP contribution in [0.15, 0.2) is 29.5 Å². The second kappa shape index (κ2) is 7.19. The minimum absolute atomic E-state index is 0. The molecule has 1 heterocycles. The minimum atomic E-state index is 0. The highest BCUT2D eigenvalue weighted by molar-refractivity contribution is 7.80. The van der Waals surface area contributed by atoms with Crippen molar-refractivity contribution in [2.75, 3.05) is 0 Å². The van der Waals surface area contributed by atoms with E-state index >= 15 is 0 Å². The zero-order valence-electron chi connectivity index (χ0n) is 7.18. The van der Waals surface area contributed by atoms with Crippen molar-refractivity contribution in [3.63, 3.8) is 0 Å². The summed E-state index contributed by atoms with van der Waals surface area (Å²) < 4.78 is 0. The maximum atomic E-state index is 5.01. The molecule has 0 aromatic carbocycles. The molecule has 0 saturated heterocycles. The van der Waals surface area contributed by atoms with Crippen molar-refractivity contribution >= 4 is 36.0 Å². The summed E-state index contributed by atoms with van der Waals surface area (Å²) in [4.78, 5) is 4.02. The summed E-state index contributed by atoms with van der Waals surface area (Å²) in [5.41, 5.74) is 5.49. The number of nitrogens with two attached hydrogens (primary N) is 1. The maximum absolute atomic E-state index is 5.01. The lowest BCUT2D eigenvalue weighted by atomic mass is 10.4. The Morgan fingerprint density at radius 1 is 1.57 bits per heavy atom. The van der Waals surface area contributed by atoms with Gasteiger partial charge in [-0.05, 0) is 24.4 Å². The molecule has 4 N–H and O–H groups in total. The molecule has 0 saturated carbocycles. The third-order valence-corrected chi connectivity index (χ3v) is 1.39. The Hall–Kier alpha value is -1.24. The summed E-state index contributed by atoms with van der Waals surface area (Å²) in [7, 11) is 0. The standard InChI is InChI=1S/C7H9N5S.ClH/c8-11-7(13)12-10-5-6-3-1-2-4-9-6;/h1-5H,8H2,(H2,11,12,13);1H/b10-5+;. The number of aromatic nitrogens is 1. The molecule has 14 heavy (non-hydrogen) atoms. The first-order valence-corrected chi connectivity index (χ1v) is 3.94. The molecule has 0 spiro atoms. The summed E-state index contributed by atoms with van der Waals surface area (Å²) in [6.07, 6.45) is 3.23. The fourth-order valence-corrected chi connectivity index (χ4v) is 0.694. The molecule has 1 aromatic rings. The van der Waals surface area contributed by atoms with Gasteiger partial charge in [0.1, 0.15) is 0 Å². The molecule has 1 rings (SSSR count). The predicted molar refractivity (Wildman–Crippen MR) is 62.1 cm³/mol. The highest BCUT2D eigenvalue weighted by atomic mass is 35.5. The van der Waals surface area contributed by atoms with E-state index in [9.17, 15) is 0 Å². The Balaban J connectivity index is 0.00000169. The first-order valence-electron chi connectivity index (χ1n) is 3.53. The van der Waals surface area contributed by atoms with Crippen LogP contribution < -0.4 is 16.7 Å². The number of nitrogens with one attached hydrogen (secondary N) is 2. The van der Waals surface area contributed by atoms with Gasteiger partial charge in [-0.3, -0.25) is 15.8 Å². The van der Waals surface area contributed by atoms with Gasteiger partial charge in [-0.1, -0.05) is 6.07 Å². The number of pyridine rings is 1. The molecule has 0 amide bonds. The number of rotatable bonds is 2. The highest BCUT2D eigenvalue weighted by Crippen LogP contribution is 1.87. The van der Waals surface area contributed by atoms with Crippen LogP contribution in [0.2, 0.25) is 0 Å². The van der Waals surface area contributed by atoms with E-state index in [2.05, 4.69) is 33.2 Å². The van der Waals surface area contributed by atoms with E-state index in [4.69, 9.17) is 5.84 Å². The Labute approximate surface area is 93.2 Å². The van der Waals surface area contributed by atoms with Crippen LogP contribution in [0.5, 0.6) is 0 Å². The van der Waals surface area contributed by atoms with E-state index in [1.807, 2.05) is 18.2 Å². The summed E-state index contributed by atoms with van der Waals surface area (Å²) in [6, 6.07) is 5.52. The van der Waals surface area contributed by atoms with E-state index in [0.29, 0.717) is 0 Å². The topological polar surface area (TPSA) is 75.3 Å². The lowest BCUT2D eigenvalue weighted by Crippen LogP contribution is -2.37. The Bertz CT molecular complexity index is 302. The van der Waals surface area contributed by atoms with Crippen LogP contribution in [0, 0.1) is 0 Å². The number of hydrazone groups is 1. The summed E-state index contributed by atoms with van der Waals surface area (Å²) in [6.45, 7) is 0. The van der Waals surface area contributed by atoms with Gasteiger partial charge in [0.2, 0.25) is 5.11 Å². The molecule has 0 radical (unpaired) electrons. The largest absolute Gasteiger partial charge is 0.300 e. The zero-order valence-corrected chi connectivity index (χ0v) is 8.81. The lowest BCUT2D eigenvalue weighted by molar-refractivity contribution is 0.929. The summed E-state index contributed by atoms with van der Waals surface area (Å²) in [5.74, 6) is 5.01. The molecule has 0 atom stereocenters. The van der Waals surface area contributed by atoms with Gasteiger partial charge in [-0.15, -0.1) is 12.4 Å². The van der Waals surface area contributed by atoms with Gasteiger partial charge in [-0.25, -0.2) is 5.84 Å². The van der Waals surface area contributed by atoms with Gasteiger partial charge in [0.25, 0.3) is 0 Å². The van der Waals surface area contributed by atoms with E-state index in [1.165, 1.54) is 0 Å². The minimum Gasteiger partial charge on any atom is -0.300 e. The molecule has 0 fully saturated rings. The van der Waals surface area contributed by atoms with Crippen LogP contribution >= 0.6 is 24.6 Å². The molecule has 1 aromatic heterocycles. The van der Waals surface area contributed by atoms with Crippen LogP contribution in [0.25, 0.3) is 0 Å². The van der Waals surface area contributed by atoms with Crippen LogP contribution in [-0.2, 0) is 0 Å². The number of thiocarbonyl (C=S) groups is 1. The number of hydrazine groups is 1. The Morgan fingerprint density at radius 2 is 2.36 bits per heavy atom. The van der Waals surface area contributed by atoms with E-state index in [0.717, 1.165) is 5.69 Å². The van der Waals surface area contributed by atoms with Gasteiger partial charge in [-0.2, -0.15) is 5.10 Å². The number of nitrogens with zero attached hydrogens (tertiary/aromatic N) is 2. The average molecular weight is 232 g/mol. The highest BCUT2D eigenvalue weighted by Gasteiger charge is 1.86. The van der Waals surface area contributed by atoms with Crippen molar-refractivity contribution in [3.8, 4) is 0 Å². The van der Waals surface area contributed by atoms with Crippen LogP contribution in [0.4, 0.5) is 0 Å². The molecule has 5 nitrogen and oxygen atoms in total. The van der Waals surface area contributed by atoms with Gasteiger partial charge >= 0.3 is 0 Å². The van der Waals surface area contributed by atoms with E-state index < -0.39 is 0 Å². The molecule has 0 aliphatic heterocycles. The average Bonchev–Trinajstić information content (AvgIpc) is 2.19. The second-order valence-corrected chi connectivity index (χ2v) is 2.51. The molecular formula is C7H10ClN5S. The lowest BCUT2D eigenvalue weighted by Gasteiger charge is -1.98. The third kappa shape index (κ3) is 4.70. The van der Waals surface area contributed by atoms with Crippen molar-refractivity contribution in [2.24, 2.45) is 10.9 Å². The maximum Gasteiger partial charge on any atom is 0.201 e. The Morgan fingerprint density at radius 3 is 2.93 bits per heavy atom. The summed E-state index contributed by atoms with van der Waals surface area (Å²) in [5, 5.41) is 4.05. The van der Waals surface area contributed by atoms with Crippen LogP contribution in [0.3, 0.4) is 0 Å². The fourth-order valence-electron chi connectivity index (χ4n) is 0.642. The second-order valence-electron chi connectivity index (χ2n) is 2.10. The number of hydrogen-bond acceptors (Lipinski definition) is 4. The smallest absolute Gasteiger partial charge is 0.201 e. The molecule has 0 unspecified atom stereocenters. The molecule has 76 valence electrons. The van der Waals surface area contributed by atoms with Crippen molar-refractivity contribution in [3.05, 3.63) is 30.1 Å². The first kappa shape index (κ1) is 12.8. The fraction of sp³-hybridized carbons (Fsp3) is 0. The number of hydrogen-bond donors (Lipinski definition) is 3. The Kier molecular flexibility index (Phi) is 6.55. The third-order valence-electron chi connectivity index (χ3n) is 1.18. The van der Waals surface area contributed by atoms with Crippen LogP contribution in [0.1, 0.15) is 5.69 Å². The molecular weight excluding hydrogens is 222 g/mol. The van der Waals surface area contributed by atoms with Gasteiger partial charge in [0.05, 0.1) is 11.9 Å². The van der Waals surface area contributed by atoms with Crippen LogP contribution in [-0.4, -0.2) is 16.3 Å². The zero-order chi connectivity index (χ0) is 9.52. The van der Waals surface area contributed by atoms with Gasteiger partial charge < -0.3 is 0 Å².